The van der Waals surface area contributed by atoms with Gasteiger partial charge in [-0.1, -0.05) is 37.3 Å². The molecule has 5 aromatic rings. The van der Waals surface area contributed by atoms with Crippen LogP contribution in [0.2, 0.25) is 0 Å². The van der Waals surface area contributed by atoms with Crippen molar-refractivity contribution in [2.24, 2.45) is 16.2 Å². The van der Waals surface area contributed by atoms with Gasteiger partial charge < -0.3 is 25.8 Å². The molecule has 5 aliphatic rings. The smallest absolute Gasteiger partial charge is 0.355 e. The van der Waals surface area contributed by atoms with E-state index >= 15 is 0 Å². The van der Waals surface area contributed by atoms with Crippen molar-refractivity contribution in [3.63, 3.8) is 0 Å². The number of hydrogen-bond donors (Lipinski definition) is 4. The van der Waals surface area contributed by atoms with Gasteiger partial charge in [0.05, 0.1) is 28.6 Å². The Kier molecular flexibility index (Phi) is 8.79. The molecule has 4 bridgehead atoms. The lowest BCUT2D eigenvalue weighted by Gasteiger charge is -2.69. The van der Waals surface area contributed by atoms with Gasteiger partial charge in [0.15, 0.2) is 10.8 Å². The highest BCUT2D eigenvalue weighted by atomic mass is 32.1. The Labute approximate surface area is 330 Å². The van der Waals surface area contributed by atoms with Gasteiger partial charge in [0.2, 0.25) is 0 Å². The standard InChI is InChI=1S/C43H50N8O4S/c1-26-30(17-46-51(26)25-42-20-40(2)19-41(3,21-42)23-43(22-40,24-42)55-16-14-45-4)28-10-12-35(48-36(28)38(53)54)50-15-13-27-31(18-50)29(9-11-32(27)44)37(52)49-39-47-33-7-5-6-8-34(33)56-39/h5-12,17,45H,13-16,18-25,44H2,1-4H3,(H,53,54)(H,47,49,52). The van der Waals surface area contributed by atoms with Crippen molar-refractivity contribution in [1.29, 1.82) is 0 Å². The third kappa shape index (κ3) is 6.43. The number of aromatic nitrogens is 4. The zero-order chi connectivity index (χ0) is 39.0. The van der Waals surface area contributed by atoms with Gasteiger partial charge in [0.1, 0.15) is 5.82 Å². The van der Waals surface area contributed by atoms with E-state index in [1.54, 1.807) is 18.3 Å². The summed E-state index contributed by atoms with van der Waals surface area (Å²) in [7, 11) is 1.97. The maximum Gasteiger partial charge on any atom is 0.355 e. The first-order valence-electron chi connectivity index (χ1n) is 19.7. The van der Waals surface area contributed by atoms with Gasteiger partial charge in [0.25, 0.3) is 5.91 Å². The fourth-order valence-electron chi connectivity index (χ4n) is 11.9. The summed E-state index contributed by atoms with van der Waals surface area (Å²) < 4.78 is 9.86. The van der Waals surface area contributed by atoms with Gasteiger partial charge >= 0.3 is 5.97 Å². The number of pyridine rings is 1. The normalized spacial score (nSPS) is 26.5. The summed E-state index contributed by atoms with van der Waals surface area (Å²) in [5, 5.41) is 22.2. The van der Waals surface area contributed by atoms with E-state index in [4.69, 9.17) is 20.6 Å². The topological polar surface area (TPSA) is 161 Å². The van der Waals surface area contributed by atoms with Crippen LogP contribution in [0.4, 0.5) is 16.6 Å². The number of anilines is 3. The number of carbonyl (C=O) groups is 2. The molecule has 292 valence electrons. The average Bonchev–Trinajstić information content (AvgIpc) is 3.71. The SMILES string of the molecule is CNCCOC12CC3(C)CC(C)(CC(Cn4ncc(-c5ccc(N6CCc7c(N)ccc(C(=O)Nc8nc9ccccc9s8)c7C6)nc5C(=O)O)c4C)(C3)C1)C2. The molecule has 1 aliphatic heterocycles. The van der Waals surface area contributed by atoms with Crippen molar-refractivity contribution in [2.75, 3.05) is 42.7 Å². The maximum atomic E-state index is 13.7. The van der Waals surface area contributed by atoms with Gasteiger partial charge in [-0.2, -0.15) is 5.10 Å². The molecule has 4 aliphatic carbocycles. The summed E-state index contributed by atoms with van der Waals surface area (Å²) in [6, 6.07) is 15.0. The quantitative estimate of drug-likeness (QED) is 0.0792. The number of likely N-dealkylation sites (N-methyl/N-ethyl adjacent to an activating group) is 1. The minimum Gasteiger partial charge on any atom is -0.476 e. The van der Waals surface area contributed by atoms with Crippen molar-refractivity contribution in [2.45, 2.75) is 84.4 Å². The highest BCUT2D eigenvalue weighted by molar-refractivity contribution is 7.22. The second-order valence-corrected chi connectivity index (χ2v) is 18.8. The minimum absolute atomic E-state index is 0.0240. The average molecular weight is 775 g/mol. The molecular weight excluding hydrogens is 725 g/mol. The number of aromatic carboxylic acids is 1. The number of para-hydroxylation sites is 1. The van der Waals surface area contributed by atoms with E-state index in [-0.39, 0.29) is 33.4 Å². The Hall–Kier alpha value is -4.85. The predicted molar refractivity (Wildman–Crippen MR) is 219 cm³/mol. The van der Waals surface area contributed by atoms with Crippen LogP contribution in [0.5, 0.6) is 0 Å². The number of carboxylic acids is 1. The summed E-state index contributed by atoms with van der Waals surface area (Å²) in [5.74, 6) is -0.841. The Bertz CT molecular complexity index is 2340. The lowest BCUT2D eigenvalue weighted by atomic mass is 9.39. The first kappa shape index (κ1) is 36.8. The number of benzene rings is 2. The monoisotopic (exact) mass is 774 g/mol. The summed E-state index contributed by atoms with van der Waals surface area (Å²) in [6.07, 6.45) is 9.16. The first-order valence-corrected chi connectivity index (χ1v) is 20.5. The number of hydrogen-bond acceptors (Lipinski definition) is 10. The van der Waals surface area contributed by atoms with E-state index in [1.165, 1.54) is 17.8 Å². The van der Waals surface area contributed by atoms with E-state index in [0.29, 0.717) is 53.9 Å². The second-order valence-electron chi connectivity index (χ2n) is 17.8. The minimum atomic E-state index is -1.10. The molecule has 13 heteroatoms. The lowest BCUT2D eigenvalue weighted by molar-refractivity contribution is -0.247. The number of thiazole rings is 1. The Balaban J connectivity index is 0.974. The number of nitrogens with one attached hydrogen (secondary N) is 2. The molecule has 2 unspecified atom stereocenters. The number of fused-ring (bicyclic) bond motifs is 2. The molecule has 4 saturated carbocycles. The van der Waals surface area contributed by atoms with Gasteiger partial charge in [0, 0.05) is 54.3 Å². The van der Waals surface area contributed by atoms with E-state index in [9.17, 15) is 14.7 Å². The molecule has 0 radical (unpaired) electrons. The number of amides is 1. The molecule has 56 heavy (non-hydrogen) atoms. The van der Waals surface area contributed by atoms with Crippen molar-refractivity contribution >= 4 is 50.1 Å². The Morgan fingerprint density at radius 3 is 2.50 bits per heavy atom. The number of carbonyl (C=O) groups excluding carboxylic acids is 1. The van der Waals surface area contributed by atoms with Crippen LogP contribution in [0.15, 0.2) is 54.7 Å². The van der Waals surface area contributed by atoms with Gasteiger partial charge in [-0.3, -0.25) is 14.8 Å². The fourth-order valence-corrected chi connectivity index (χ4v) is 12.8. The van der Waals surface area contributed by atoms with Crippen LogP contribution in [-0.4, -0.2) is 69.1 Å². The molecule has 0 spiro atoms. The summed E-state index contributed by atoms with van der Waals surface area (Å²) in [4.78, 5) is 37.9. The molecule has 5 N–H and O–H groups in total. The summed E-state index contributed by atoms with van der Waals surface area (Å²) in [5.41, 5.74) is 12.7. The fraction of sp³-hybridized carbons (Fsp3) is 0.465. The molecule has 10 rings (SSSR count). The number of nitrogens with two attached hydrogens (primary N) is 1. The summed E-state index contributed by atoms with van der Waals surface area (Å²) >= 11 is 1.42. The highest BCUT2D eigenvalue weighted by Gasteiger charge is 2.66. The van der Waals surface area contributed by atoms with Crippen LogP contribution >= 0.6 is 11.3 Å². The molecule has 4 heterocycles. The number of rotatable bonds is 11. The molecule has 2 atom stereocenters. The molecule has 3 aromatic heterocycles. The van der Waals surface area contributed by atoms with Crippen LogP contribution in [0.25, 0.3) is 21.3 Å². The van der Waals surface area contributed by atoms with Crippen molar-refractivity contribution in [1.82, 2.24) is 25.1 Å². The Morgan fingerprint density at radius 2 is 1.75 bits per heavy atom. The van der Waals surface area contributed by atoms with Crippen LogP contribution in [0.3, 0.4) is 0 Å². The molecule has 12 nitrogen and oxygen atoms in total. The van der Waals surface area contributed by atoms with Crippen LogP contribution < -0.4 is 21.3 Å². The number of nitrogen functional groups attached to an aromatic ring is 1. The predicted octanol–water partition coefficient (Wildman–Crippen LogP) is 7.31. The largest absolute Gasteiger partial charge is 0.476 e. The van der Waals surface area contributed by atoms with Gasteiger partial charge in [-0.05, 0) is 123 Å². The molecule has 1 amide bonds. The van der Waals surface area contributed by atoms with E-state index in [1.807, 2.05) is 55.3 Å². The third-order valence-electron chi connectivity index (χ3n) is 12.9. The van der Waals surface area contributed by atoms with Gasteiger partial charge in [-0.25, -0.2) is 14.8 Å². The van der Waals surface area contributed by atoms with Crippen LogP contribution in [0, 0.1) is 23.2 Å². The van der Waals surface area contributed by atoms with E-state index in [0.717, 1.165) is 77.8 Å². The molecule has 0 saturated heterocycles. The maximum absolute atomic E-state index is 13.7. The highest BCUT2D eigenvalue weighted by Crippen LogP contribution is 2.72. The summed E-state index contributed by atoms with van der Waals surface area (Å²) in [6.45, 7) is 10.2. The zero-order valence-corrected chi connectivity index (χ0v) is 33.4. The zero-order valence-electron chi connectivity index (χ0n) is 32.6. The van der Waals surface area contributed by atoms with Gasteiger partial charge in [-0.15, -0.1) is 0 Å². The number of ether oxygens (including phenoxy) is 1. The van der Waals surface area contributed by atoms with Crippen molar-refractivity contribution in [3.8, 4) is 11.1 Å². The number of carboxylic acid groups (broad SMARTS) is 1. The lowest BCUT2D eigenvalue weighted by Crippen LogP contribution is -2.64. The molecule has 2 aromatic carbocycles. The first-order chi connectivity index (χ1) is 26.8. The van der Waals surface area contributed by atoms with E-state index in [2.05, 4.69) is 34.1 Å². The molecular formula is C43H50N8O4S. The number of nitrogens with zero attached hydrogens (tertiary/aromatic N) is 5. The molecule has 4 fully saturated rings. The second kappa shape index (κ2) is 13.4. The van der Waals surface area contributed by atoms with E-state index < -0.39 is 5.97 Å². The van der Waals surface area contributed by atoms with Crippen molar-refractivity contribution < 1.29 is 19.4 Å². The Morgan fingerprint density at radius 1 is 0.964 bits per heavy atom. The van der Waals surface area contributed by atoms with Crippen LogP contribution in [-0.2, 0) is 24.2 Å². The third-order valence-corrected chi connectivity index (χ3v) is 13.9. The van der Waals surface area contributed by atoms with Crippen LogP contribution in [0.1, 0.15) is 90.0 Å². The van der Waals surface area contributed by atoms with Crippen molar-refractivity contribution in [3.05, 3.63) is 82.8 Å².